The Morgan fingerprint density at radius 3 is 2.60 bits per heavy atom. The molecule has 0 amide bonds. The molecule has 6 heteroatoms. The van der Waals surface area contributed by atoms with Gasteiger partial charge in [-0.1, -0.05) is 35.0 Å². The van der Waals surface area contributed by atoms with E-state index in [1.54, 1.807) is 49.6 Å². The molecule has 0 aromatic heterocycles. The first-order chi connectivity index (χ1) is 12.1. The predicted molar refractivity (Wildman–Crippen MR) is 96.2 cm³/mol. The minimum Gasteiger partial charge on any atom is -0.493 e. The number of methoxy groups -OCH3 is 1. The van der Waals surface area contributed by atoms with Gasteiger partial charge in [-0.3, -0.25) is 0 Å². The quantitative estimate of drug-likeness (QED) is 0.597. The summed E-state index contributed by atoms with van der Waals surface area (Å²) >= 11 is 5.91. The van der Waals surface area contributed by atoms with Crippen molar-refractivity contribution in [2.75, 3.05) is 13.7 Å². The molecule has 25 heavy (non-hydrogen) atoms. The lowest BCUT2D eigenvalue weighted by Gasteiger charge is -2.10. The van der Waals surface area contributed by atoms with Crippen LogP contribution in [0.3, 0.4) is 0 Å². The number of hydrogen-bond acceptors (Lipinski definition) is 5. The Hall–Kier alpha value is -2.79. The fourth-order valence-electron chi connectivity index (χ4n) is 2.44. The van der Waals surface area contributed by atoms with E-state index in [2.05, 4.69) is 5.16 Å². The van der Waals surface area contributed by atoms with Gasteiger partial charge in [0, 0.05) is 10.6 Å². The van der Waals surface area contributed by atoms with Crippen molar-refractivity contribution in [1.82, 2.24) is 0 Å². The lowest BCUT2D eigenvalue weighted by atomic mass is 10.0. The first-order valence-electron chi connectivity index (χ1n) is 7.70. The SMILES string of the molecule is CCOc1cc(C=C2C(=O)ON=C2c2ccc(Cl)cc2)ccc1OC. The zero-order chi connectivity index (χ0) is 17.8. The van der Waals surface area contributed by atoms with E-state index in [0.717, 1.165) is 11.1 Å². The molecule has 0 radical (unpaired) electrons. The minimum absolute atomic E-state index is 0.370. The Morgan fingerprint density at radius 1 is 1.16 bits per heavy atom. The van der Waals surface area contributed by atoms with Gasteiger partial charge in [-0.25, -0.2) is 4.79 Å². The molecule has 1 aliphatic rings. The number of halogens is 1. The van der Waals surface area contributed by atoms with Gasteiger partial charge >= 0.3 is 5.97 Å². The molecular weight excluding hydrogens is 342 g/mol. The molecular formula is C19H16ClNO4. The summed E-state index contributed by atoms with van der Waals surface area (Å²) in [5.74, 6) is 0.735. The first kappa shape index (κ1) is 17.0. The van der Waals surface area contributed by atoms with Crippen LogP contribution in [0.1, 0.15) is 18.1 Å². The molecule has 0 unspecified atom stereocenters. The second-order valence-electron chi connectivity index (χ2n) is 5.23. The normalized spacial score (nSPS) is 15.1. The van der Waals surface area contributed by atoms with Crippen molar-refractivity contribution in [3.63, 3.8) is 0 Å². The third kappa shape index (κ3) is 3.67. The van der Waals surface area contributed by atoms with E-state index < -0.39 is 5.97 Å². The van der Waals surface area contributed by atoms with Gasteiger partial charge in [0.25, 0.3) is 0 Å². The maximum Gasteiger partial charge on any atom is 0.368 e. The molecule has 1 heterocycles. The van der Waals surface area contributed by atoms with Crippen LogP contribution in [0.15, 0.2) is 53.2 Å². The molecule has 0 bridgehead atoms. The average molecular weight is 358 g/mol. The van der Waals surface area contributed by atoms with E-state index >= 15 is 0 Å². The Morgan fingerprint density at radius 2 is 1.92 bits per heavy atom. The summed E-state index contributed by atoms with van der Waals surface area (Å²) in [4.78, 5) is 16.9. The molecule has 0 saturated heterocycles. The summed E-state index contributed by atoms with van der Waals surface area (Å²) in [5, 5.41) is 4.49. The highest BCUT2D eigenvalue weighted by Crippen LogP contribution is 2.30. The Balaban J connectivity index is 1.98. The van der Waals surface area contributed by atoms with E-state index in [9.17, 15) is 4.79 Å². The Labute approximate surface area is 150 Å². The predicted octanol–water partition coefficient (Wildman–Crippen LogP) is 4.09. The molecule has 0 fully saturated rings. The van der Waals surface area contributed by atoms with Crippen LogP contribution in [-0.4, -0.2) is 25.4 Å². The second-order valence-corrected chi connectivity index (χ2v) is 5.66. The molecule has 5 nitrogen and oxygen atoms in total. The largest absolute Gasteiger partial charge is 0.493 e. The lowest BCUT2D eigenvalue weighted by molar-refractivity contribution is -0.136. The van der Waals surface area contributed by atoms with Crippen molar-refractivity contribution in [1.29, 1.82) is 0 Å². The summed E-state index contributed by atoms with van der Waals surface area (Å²) in [6, 6.07) is 12.5. The first-order valence-corrected chi connectivity index (χ1v) is 8.08. The van der Waals surface area contributed by atoms with Gasteiger partial charge in [0.2, 0.25) is 0 Å². The van der Waals surface area contributed by atoms with Crippen molar-refractivity contribution in [2.24, 2.45) is 5.16 Å². The van der Waals surface area contributed by atoms with Crippen LogP contribution in [0.25, 0.3) is 6.08 Å². The number of carbonyl (C=O) groups excluding carboxylic acids is 1. The summed E-state index contributed by atoms with van der Waals surface area (Å²) in [7, 11) is 1.58. The molecule has 3 rings (SSSR count). The number of oxime groups is 1. The lowest BCUT2D eigenvalue weighted by Crippen LogP contribution is -2.06. The fourth-order valence-corrected chi connectivity index (χ4v) is 2.57. The highest BCUT2D eigenvalue weighted by molar-refractivity contribution is 6.32. The zero-order valence-corrected chi connectivity index (χ0v) is 14.5. The fraction of sp³-hybridized carbons (Fsp3) is 0.158. The van der Waals surface area contributed by atoms with Crippen LogP contribution in [0.5, 0.6) is 11.5 Å². The number of hydrogen-bond donors (Lipinski definition) is 0. The molecule has 2 aromatic rings. The van der Waals surface area contributed by atoms with E-state index in [4.69, 9.17) is 25.9 Å². The van der Waals surface area contributed by atoms with E-state index in [-0.39, 0.29) is 0 Å². The zero-order valence-electron chi connectivity index (χ0n) is 13.8. The number of ether oxygens (including phenoxy) is 2. The summed E-state index contributed by atoms with van der Waals surface area (Å²) in [5.41, 5.74) is 2.37. The van der Waals surface area contributed by atoms with Gasteiger partial charge in [-0.15, -0.1) is 0 Å². The maximum atomic E-state index is 12.1. The number of rotatable bonds is 5. The van der Waals surface area contributed by atoms with Crippen LogP contribution in [0, 0.1) is 0 Å². The number of benzene rings is 2. The van der Waals surface area contributed by atoms with E-state index in [1.165, 1.54) is 0 Å². The highest BCUT2D eigenvalue weighted by atomic mass is 35.5. The Kier molecular flexibility index (Phi) is 5.05. The van der Waals surface area contributed by atoms with Gasteiger partial charge in [-0.2, -0.15) is 0 Å². The number of carbonyl (C=O) groups is 1. The van der Waals surface area contributed by atoms with E-state index in [0.29, 0.717) is 34.4 Å². The molecule has 0 saturated carbocycles. The highest BCUT2D eigenvalue weighted by Gasteiger charge is 2.26. The summed E-state index contributed by atoms with van der Waals surface area (Å²) in [6.07, 6.45) is 1.71. The molecule has 0 atom stereocenters. The Bertz CT molecular complexity index is 856. The number of nitrogens with zero attached hydrogens (tertiary/aromatic N) is 1. The second kappa shape index (κ2) is 7.40. The van der Waals surface area contributed by atoms with Crippen molar-refractivity contribution in [3.05, 3.63) is 64.2 Å². The van der Waals surface area contributed by atoms with Gasteiger partial charge in [-0.05, 0) is 42.8 Å². The topological polar surface area (TPSA) is 57.1 Å². The van der Waals surface area contributed by atoms with Gasteiger partial charge in [0.15, 0.2) is 11.5 Å². The smallest absolute Gasteiger partial charge is 0.368 e. The third-order valence-electron chi connectivity index (χ3n) is 3.61. The van der Waals surface area contributed by atoms with Crippen LogP contribution < -0.4 is 9.47 Å². The van der Waals surface area contributed by atoms with Crippen LogP contribution in [-0.2, 0) is 9.63 Å². The van der Waals surface area contributed by atoms with E-state index in [1.807, 2.05) is 13.0 Å². The van der Waals surface area contributed by atoms with Crippen molar-refractivity contribution >= 4 is 29.4 Å². The van der Waals surface area contributed by atoms with Crippen LogP contribution in [0.4, 0.5) is 0 Å². The van der Waals surface area contributed by atoms with Crippen LogP contribution in [0.2, 0.25) is 5.02 Å². The summed E-state index contributed by atoms with van der Waals surface area (Å²) in [6.45, 7) is 2.40. The average Bonchev–Trinajstić information content (AvgIpc) is 2.97. The van der Waals surface area contributed by atoms with Crippen LogP contribution >= 0.6 is 11.6 Å². The third-order valence-corrected chi connectivity index (χ3v) is 3.86. The summed E-state index contributed by atoms with van der Waals surface area (Å²) < 4.78 is 10.8. The molecule has 0 N–H and O–H groups in total. The maximum absolute atomic E-state index is 12.1. The van der Waals surface area contributed by atoms with Crippen molar-refractivity contribution < 1.29 is 19.1 Å². The van der Waals surface area contributed by atoms with Crippen molar-refractivity contribution in [2.45, 2.75) is 6.92 Å². The van der Waals surface area contributed by atoms with Crippen molar-refractivity contribution in [3.8, 4) is 11.5 Å². The molecule has 1 aliphatic heterocycles. The molecule has 0 spiro atoms. The standard InChI is InChI=1S/C19H16ClNO4/c1-3-24-17-11-12(4-9-16(17)23-2)10-15-18(21-25-19(15)22)13-5-7-14(20)8-6-13/h4-11H,3H2,1-2H3. The monoisotopic (exact) mass is 357 g/mol. The minimum atomic E-state index is -0.501. The van der Waals surface area contributed by atoms with Gasteiger partial charge in [0.1, 0.15) is 5.71 Å². The van der Waals surface area contributed by atoms with Gasteiger partial charge < -0.3 is 14.3 Å². The molecule has 2 aromatic carbocycles. The molecule has 128 valence electrons. The molecule has 0 aliphatic carbocycles. The van der Waals surface area contributed by atoms with Gasteiger partial charge in [0.05, 0.1) is 19.3 Å².